The number of ether oxygens (including phenoxy) is 1. The van der Waals surface area contributed by atoms with Gasteiger partial charge in [0.05, 0.1) is 12.0 Å². The molecule has 0 bridgehead atoms. The van der Waals surface area contributed by atoms with Gasteiger partial charge in [0.1, 0.15) is 5.82 Å². The van der Waals surface area contributed by atoms with Gasteiger partial charge in [0, 0.05) is 5.02 Å². The summed E-state index contributed by atoms with van der Waals surface area (Å²) >= 11 is 6.84. The highest BCUT2D eigenvalue weighted by Gasteiger charge is 2.19. The Balaban J connectivity index is 2.59. The summed E-state index contributed by atoms with van der Waals surface area (Å²) in [4.78, 5) is 15.8. The number of hydrogen-bond donors (Lipinski definition) is 1. The monoisotopic (exact) mass is 286 g/mol. The molecule has 4 nitrogen and oxygen atoms in total. The summed E-state index contributed by atoms with van der Waals surface area (Å²) in [5.41, 5.74) is 6.05. The van der Waals surface area contributed by atoms with E-state index in [0.717, 1.165) is 11.3 Å². The molecule has 0 saturated carbocycles. The van der Waals surface area contributed by atoms with E-state index in [4.69, 9.17) is 17.3 Å². The van der Waals surface area contributed by atoms with E-state index in [1.54, 1.807) is 0 Å². The lowest BCUT2D eigenvalue weighted by atomic mass is 10.1. The van der Waals surface area contributed by atoms with Gasteiger partial charge in [0.25, 0.3) is 0 Å². The third-order valence-corrected chi connectivity index (χ3v) is 3.30. The average Bonchev–Trinajstić information content (AvgIpc) is 2.69. The van der Waals surface area contributed by atoms with E-state index in [0.29, 0.717) is 10.4 Å². The fourth-order valence-corrected chi connectivity index (χ4v) is 2.48. The topological polar surface area (TPSA) is 65.2 Å². The second-order valence-electron chi connectivity index (χ2n) is 3.38. The Bertz CT molecular complexity index is 595. The number of thiazole rings is 1. The Kier molecular flexibility index (Phi) is 3.49. The highest BCUT2D eigenvalue weighted by atomic mass is 35.5. The first-order valence-electron chi connectivity index (χ1n) is 4.82. The smallest absolute Gasteiger partial charge is 0.358 e. The van der Waals surface area contributed by atoms with Crippen molar-refractivity contribution in [3.63, 3.8) is 0 Å². The number of anilines is 1. The first-order chi connectivity index (χ1) is 8.51. The first-order valence-corrected chi connectivity index (χ1v) is 6.02. The molecule has 2 N–H and O–H groups in total. The molecular weight excluding hydrogens is 279 g/mol. The largest absolute Gasteiger partial charge is 0.464 e. The van der Waals surface area contributed by atoms with E-state index in [1.807, 2.05) is 0 Å². The predicted molar refractivity (Wildman–Crippen MR) is 68.3 cm³/mol. The molecule has 0 aliphatic heterocycles. The van der Waals surface area contributed by atoms with Gasteiger partial charge in [-0.1, -0.05) is 22.9 Å². The number of aromatic nitrogens is 1. The second-order valence-corrected chi connectivity index (χ2v) is 4.85. The number of esters is 1. The van der Waals surface area contributed by atoms with Crippen LogP contribution >= 0.6 is 22.9 Å². The normalized spacial score (nSPS) is 10.4. The highest BCUT2D eigenvalue weighted by Crippen LogP contribution is 2.34. The molecular formula is C11H8ClFN2O2S. The van der Waals surface area contributed by atoms with Crippen LogP contribution in [0.2, 0.25) is 5.02 Å². The molecule has 7 heteroatoms. The van der Waals surface area contributed by atoms with Gasteiger partial charge in [0.2, 0.25) is 0 Å². The van der Waals surface area contributed by atoms with Gasteiger partial charge < -0.3 is 10.5 Å². The molecule has 0 amide bonds. The minimum Gasteiger partial charge on any atom is -0.464 e. The molecule has 0 spiro atoms. The molecule has 94 valence electrons. The van der Waals surface area contributed by atoms with Gasteiger partial charge in [-0.2, -0.15) is 0 Å². The third kappa shape index (κ3) is 2.44. The van der Waals surface area contributed by atoms with Crippen molar-refractivity contribution in [2.45, 2.75) is 0 Å². The maximum absolute atomic E-state index is 13.3. The molecule has 0 aliphatic carbocycles. The van der Waals surface area contributed by atoms with Crippen LogP contribution in [-0.2, 0) is 4.74 Å². The summed E-state index contributed by atoms with van der Waals surface area (Å²) in [5.74, 6) is -1.13. The van der Waals surface area contributed by atoms with Crippen molar-refractivity contribution in [1.82, 2.24) is 4.98 Å². The summed E-state index contributed by atoms with van der Waals surface area (Å²) in [5, 5.41) is 0.429. The summed E-state index contributed by atoms with van der Waals surface area (Å²) in [7, 11) is 1.24. The molecule has 2 aromatic rings. The number of halogens is 2. The zero-order valence-electron chi connectivity index (χ0n) is 9.24. The lowest BCUT2D eigenvalue weighted by molar-refractivity contribution is 0.0596. The molecule has 0 saturated heterocycles. The van der Waals surface area contributed by atoms with Gasteiger partial charge in [-0.25, -0.2) is 14.2 Å². The van der Waals surface area contributed by atoms with E-state index in [1.165, 1.54) is 25.3 Å². The zero-order valence-corrected chi connectivity index (χ0v) is 10.8. The standard InChI is InChI=1S/C11H8ClFN2O2S/c1-17-10(16)8-9(18-11(14)15-8)5-2-6(12)4-7(13)3-5/h2-4H,1H3,(H2,14,15). The second kappa shape index (κ2) is 4.91. The van der Waals surface area contributed by atoms with Crippen LogP contribution in [0.3, 0.4) is 0 Å². The Morgan fingerprint density at radius 1 is 1.50 bits per heavy atom. The van der Waals surface area contributed by atoms with E-state index in [-0.39, 0.29) is 15.8 Å². The number of hydrogen-bond acceptors (Lipinski definition) is 5. The van der Waals surface area contributed by atoms with Crippen molar-refractivity contribution in [3.8, 4) is 10.4 Å². The van der Waals surface area contributed by atoms with Crippen LogP contribution in [0.5, 0.6) is 0 Å². The number of nitrogens with zero attached hydrogens (tertiary/aromatic N) is 1. The summed E-state index contributed by atoms with van der Waals surface area (Å²) < 4.78 is 17.9. The van der Waals surface area contributed by atoms with E-state index in [9.17, 15) is 9.18 Å². The fourth-order valence-electron chi connectivity index (χ4n) is 1.45. The molecule has 0 radical (unpaired) electrons. The molecule has 0 atom stereocenters. The Morgan fingerprint density at radius 2 is 2.22 bits per heavy atom. The minimum atomic E-state index is -0.627. The maximum atomic E-state index is 13.3. The predicted octanol–water partition coefficient (Wildman–Crippen LogP) is 2.97. The Labute approximate surface area is 111 Å². The maximum Gasteiger partial charge on any atom is 0.358 e. The summed E-state index contributed by atoms with van der Waals surface area (Å²) in [6.07, 6.45) is 0. The number of nitrogens with two attached hydrogens (primary N) is 1. The first kappa shape index (κ1) is 12.8. The Hall–Kier alpha value is -1.66. The van der Waals surface area contributed by atoms with Crippen LogP contribution in [0.4, 0.5) is 9.52 Å². The van der Waals surface area contributed by atoms with Gasteiger partial charge in [0.15, 0.2) is 10.8 Å². The minimum absolute atomic E-state index is 0.0571. The summed E-state index contributed by atoms with van der Waals surface area (Å²) in [6, 6.07) is 3.96. The van der Waals surface area contributed by atoms with Gasteiger partial charge in [-0.15, -0.1) is 0 Å². The van der Waals surface area contributed by atoms with Crippen LogP contribution in [0, 0.1) is 5.82 Å². The van der Waals surface area contributed by atoms with Crippen molar-refractivity contribution >= 4 is 34.0 Å². The number of rotatable bonds is 2. The van der Waals surface area contributed by atoms with Crippen molar-refractivity contribution in [3.05, 3.63) is 34.7 Å². The number of methoxy groups -OCH3 is 1. The van der Waals surface area contributed by atoms with Crippen molar-refractivity contribution < 1.29 is 13.9 Å². The molecule has 1 heterocycles. The van der Waals surface area contributed by atoms with Crippen molar-refractivity contribution in [2.75, 3.05) is 12.8 Å². The number of nitrogen functional groups attached to an aromatic ring is 1. The summed E-state index contributed by atoms with van der Waals surface area (Å²) in [6.45, 7) is 0. The third-order valence-electron chi connectivity index (χ3n) is 2.15. The van der Waals surface area contributed by atoms with E-state index in [2.05, 4.69) is 9.72 Å². The van der Waals surface area contributed by atoms with Gasteiger partial charge in [-0.05, 0) is 23.8 Å². The van der Waals surface area contributed by atoms with Gasteiger partial charge in [-0.3, -0.25) is 0 Å². The average molecular weight is 287 g/mol. The van der Waals surface area contributed by atoms with Crippen LogP contribution in [0.1, 0.15) is 10.5 Å². The fraction of sp³-hybridized carbons (Fsp3) is 0.0909. The molecule has 0 unspecified atom stereocenters. The molecule has 2 rings (SSSR count). The molecule has 1 aromatic heterocycles. The highest BCUT2D eigenvalue weighted by molar-refractivity contribution is 7.19. The van der Waals surface area contributed by atoms with Gasteiger partial charge >= 0.3 is 5.97 Å². The zero-order chi connectivity index (χ0) is 13.3. The molecule has 1 aromatic carbocycles. The quantitative estimate of drug-likeness (QED) is 0.862. The lowest BCUT2D eigenvalue weighted by Gasteiger charge is -2.02. The SMILES string of the molecule is COC(=O)c1nc(N)sc1-c1cc(F)cc(Cl)c1. The number of carbonyl (C=O) groups excluding carboxylic acids is 1. The molecule has 18 heavy (non-hydrogen) atoms. The van der Waals surface area contributed by atoms with Crippen molar-refractivity contribution in [2.24, 2.45) is 0 Å². The molecule has 0 aliphatic rings. The van der Waals surface area contributed by atoms with Crippen LogP contribution in [0.25, 0.3) is 10.4 Å². The lowest BCUT2D eigenvalue weighted by Crippen LogP contribution is -2.03. The molecule has 0 fully saturated rings. The number of benzene rings is 1. The van der Waals surface area contributed by atoms with Crippen LogP contribution in [-0.4, -0.2) is 18.1 Å². The van der Waals surface area contributed by atoms with Crippen molar-refractivity contribution in [1.29, 1.82) is 0 Å². The Morgan fingerprint density at radius 3 is 2.83 bits per heavy atom. The van der Waals surface area contributed by atoms with Crippen LogP contribution in [0.15, 0.2) is 18.2 Å². The van der Waals surface area contributed by atoms with E-state index < -0.39 is 11.8 Å². The van der Waals surface area contributed by atoms with Crippen LogP contribution < -0.4 is 5.73 Å². The number of carbonyl (C=O) groups is 1. The van der Waals surface area contributed by atoms with E-state index >= 15 is 0 Å².